The second-order valence-corrected chi connectivity index (χ2v) is 7.93. The molecular formula is C16H20FN3O2S. The third kappa shape index (κ3) is 4.17. The lowest BCUT2D eigenvalue weighted by Gasteiger charge is -2.31. The van der Waals surface area contributed by atoms with Crippen LogP contribution in [0.1, 0.15) is 18.4 Å². The highest BCUT2D eigenvalue weighted by molar-refractivity contribution is 7.88. The lowest BCUT2D eigenvalue weighted by atomic mass is 9.98. The van der Waals surface area contributed by atoms with Gasteiger partial charge in [0.2, 0.25) is 10.0 Å². The molecule has 2 aromatic rings. The van der Waals surface area contributed by atoms with Crippen LogP contribution in [0.25, 0.3) is 0 Å². The van der Waals surface area contributed by atoms with Gasteiger partial charge in [-0.1, -0.05) is 12.1 Å². The Labute approximate surface area is 135 Å². The van der Waals surface area contributed by atoms with Crippen molar-refractivity contribution in [2.24, 2.45) is 5.92 Å². The van der Waals surface area contributed by atoms with Crippen molar-refractivity contribution in [1.29, 1.82) is 0 Å². The monoisotopic (exact) mass is 337 g/mol. The summed E-state index contributed by atoms with van der Waals surface area (Å²) in [6.45, 7) is 1.86. The number of hydrogen-bond acceptors (Lipinski definition) is 3. The lowest BCUT2D eigenvalue weighted by Crippen LogP contribution is -2.39. The molecule has 3 rings (SSSR count). The molecule has 1 aromatic carbocycles. The topological polar surface area (TPSA) is 55.2 Å². The van der Waals surface area contributed by atoms with E-state index in [1.54, 1.807) is 12.3 Å². The van der Waals surface area contributed by atoms with E-state index >= 15 is 0 Å². The summed E-state index contributed by atoms with van der Waals surface area (Å²) in [5.74, 6) is -0.111. The highest BCUT2D eigenvalue weighted by Crippen LogP contribution is 2.23. The maximum Gasteiger partial charge on any atom is 0.218 e. The van der Waals surface area contributed by atoms with Gasteiger partial charge in [-0.3, -0.25) is 4.68 Å². The first-order chi connectivity index (χ1) is 11.0. The van der Waals surface area contributed by atoms with Crippen LogP contribution in [0.3, 0.4) is 0 Å². The van der Waals surface area contributed by atoms with Gasteiger partial charge in [-0.2, -0.15) is 5.10 Å². The van der Waals surface area contributed by atoms with Crippen LogP contribution in [0, 0.1) is 11.7 Å². The Morgan fingerprint density at radius 1 is 1.22 bits per heavy atom. The standard InChI is InChI=1S/C16H20FN3O2S/c17-16-4-1-3-15(11-16)13-23(21,22)20-9-5-14(6-10-20)12-19-8-2-7-18-19/h1-4,7-8,11,14H,5-6,9-10,12-13H2. The van der Waals surface area contributed by atoms with Crippen molar-refractivity contribution in [3.63, 3.8) is 0 Å². The van der Waals surface area contributed by atoms with Gasteiger partial charge in [-0.25, -0.2) is 17.1 Å². The number of hydrogen-bond donors (Lipinski definition) is 0. The van der Waals surface area contributed by atoms with E-state index in [0.29, 0.717) is 24.6 Å². The molecule has 1 aromatic heterocycles. The van der Waals surface area contributed by atoms with Gasteiger partial charge in [0.15, 0.2) is 0 Å². The second-order valence-electron chi connectivity index (χ2n) is 5.96. The molecule has 5 nitrogen and oxygen atoms in total. The van der Waals surface area contributed by atoms with Crippen molar-refractivity contribution < 1.29 is 12.8 Å². The van der Waals surface area contributed by atoms with Crippen LogP contribution in [-0.2, 0) is 22.3 Å². The molecule has 124 valence electrons. The van der Waals surface area contributed by atoms with E-state index in [9.17, 15) is 12.8 Å². The summed E-state index contributed by atoms with van der Waals surface area (Å²) in [6, 6.07) is 7.67. The Kier molecular flexibility index (Phi) is 4.77. The smallest absolute Gasteiger partial charge is 0.218 e. The van der Waals surface area contributed by atoms with E-state index < -0.39 is 15.8 Å². The van der Waals surface area contributed by atoms with Crippen molar-refractivity contribution in [2.45, 2.75) is 25.1 Å². The van der Waals surface area contributed by atoms with Gasteiger partial charge in [-0.15, -0.1) is 0 Å². The molecular weight excluding hydrogens is 317 g/mol. The average molecular weight is 337 g/mol. The lowest BCUT2D eigenvalue weighted by molar-refractivity contribution is 0.247. The fourth-order valence-electron chi connectivity index (χ4n) is 2.97. The molecule has 1 fully saturated rings. The molecule has 1 aliphatic heterocycles. The first-order valence-electron chi connectivity index (χ1n) is 7.72. The number of rotatable bonds is 5. The Morgan fingerprint density at radius 3 is 2.65 bits per heavy atom. The molecule has 0 atom stereocenters. The molecule has 0 bridgehead atoms. The predicted molar refractivity (Wildman–Crippen MR) is 85.5 cm³/mol. The van der Waals surface area contributed by atoms with Crippen LogP contribution in [0.4, 0.5) is 4.39 Å². The van der Waals surface area contributed by atoms with Crippen molar-refractivity contribution in [3.8, 4) is 0 Å². The molecule has 0 radical (unpaired) electrons. The molecule has 7 heteroatoms. The number of nitrogens with zero attached hydrogens (tertiary/aromatic N) is 3. The van der Waals surface area contributed by atoms with Gasteiger partial charge in [-0.05, 0) is 42.5 Å². The highest BCUT2D eigenvalue weighted by atomic mass is 32.2. The molecule has 0 spiro atoms. The van der Waals surface area contributed by atoms with Crippen LogP contribution >= 0.6 is 0 Å². The number of sulfonamides is 1. The molecule has 0 N–H and O–H groups in total. The summed E-state index contributed by atoms with van der Waals surface area (Å²) < 4.78 is 41.6. The zero-order chi connectivity index (χ0) is 16.3. The van der Waals surface area contributed by atoms with E-state index in [2.05, 4.69) is 5.10 Å². The maximum absolute atomic E-state index is 13.2. The van der Waals surface area contributed by atoms with Gasteiger partial charge in [0.1, 0.15) is 5.82 Å². The molecule has 0 aliphatic carbocycles. The Morgan fingerprint density at radius 2 is 2.00 bits per heavy atom. The van der Waals surface area contributed by atoms with Crippen LogP contribution < -0.4 is 0 Å². The zero-order valence-corrected chi connectivity index (χ0v) is 13.6. The summed E-state index contributed by atoms with van der Waals surface area (Å²) >= 11 is 0. The number of benzene rings is 1. The fraction of sp³-hybridized carbons (Fsp3) is 0.438. The minimum Gasteiger partial charge on any atom is -0.272 e. The summed E-state index contributed by atoms with van der Waals surface area (Å²) in [7, 11) is -3.39. The third-order valence-electron chi connectivity index (χ3n) is 4.21. The largest absolute Gasteiger partial charge is 0.272 e. The normalized spacial score (nSPS) is 17.4. The van der Waals surface area contributed by atoms with Crippen LogP contribution in [0.2, 0.25) is 0 Å². The first-order valence-corrected chi connectivity index (χ1v) is 9.33. The predicted octanol–water partition coefficient (Wildman–Crippen LogP) is 2.26. The SMILES string of the molecule is O=S(=O)(Cc1cccc(F)c1)N1CCC(Cn2cccn2)CC1. The van der Waals surface area contributed by atoms with Gasteiger partial charge in [0.05, 0.1) is 5.75 Å². The Bertz CT molecular complexity index is 738. The molecule has 0 amide bonds. The summed E-state index contributed by atoms with van der Waals surface area (Å²) in [6.07, 6.45) is 5.32. The van der Waals surface area contributed by atoms with Crippen molar-refractivity contribution >= 4 is 10.0 Å². The molecule has 0 saturated carbocycles. The van der Waals surface area contributed by atoms with Crippen molar-refractivity contribution in [3.05, 3.63) is 54.1 Å². The van der Waals surface area contributed by atoms with Gasteiger partial charge in [0, 0.05) is 32.0 Å². The van der Waals surface area contributed by atoms with Gasteiger partial charge < -0.3 is 0 Å². The quantitative estimate of drug-likeness (QED) is 0.841. The molecule has 23 heavy (non-hydrogen) atoms. The minimum absolute atomic E-state index is 0.144. The molecule has 1 saturated heterocycles. The zero-order valence-electron chi connectivity index (χ0n) is 12.8. The number of aromatic nitrogens is 2. The highest BCUT2D eigenvalue weighted by Gasteiger charge is 2.28. The van der Waals surface area contributed by atoms with Crippen LogP contribution in [-0.4, -0.2) is 35.6 Å². The van der Waals surface area contributed by atoms with Gasteiger partial charge >= 0.3 is 0 Å². The number of piperidine rings is 1. The van der Waals surface area contributed by atoms with Crippen LogP contribution in [0.5, 0.6) is 0 Å². The van der Waals surface area contributed by atoms with Crippen molar-refractivity contribution in [2.75, 3.05) is 13.1 Å². The van der Waals surface area contributed by atoms with E-state index in [1.165, 1.54) is 22.5 Å². The maximum atomic E-state index is 13.2. The van der Waals surface area contributed by atoms with E-state index in [-0.39, 0.29) is 5.75 Å². The molecule has 1 aliphatic rings. The summed E-state index contributed by atoms with van der Waals surface area (Å²) in [4.78, 5) is 0. The minimum atomic E-state index is -3.39. The molecule has 0 unspecified atom stereocenters. The second kappa shape index (κ2) is 6.80. The summed E-state index contributed by atoms with van der Waals surface area (Å²) in [5.41, 5.74) is 0.490. The first kappa shape index (κ1) is 16.1. The molecule has 2 heterocycles. The van der Waals surface area contributed by atoms with Crippen LogP contribution in [0.15, 0.2) is 42.7 Å². The average Bonchev–Trinajstić information content (AvgIpc) is 3.00. The van der Waals surface area contributed by atoms with E-state index in [4.69, 9.17) is 0 Å². The van der Waals surface area contributed by atoms with E-state index in [1.807, 2.05) is 16.9 Å². The van der Waals surface area contributed by atoms with Gasteiger partial charge in [0.25, 0.3) is 0 Å². The summed E-state index contributed by atoms with van der Waals surface area (Å²) in [5, 5.41) is 4.19. The van der Waals surface area contributed by atoms with E-state index in [0.717, 1.165) is 19.4 Å². The van der Waals surface area contributed by atoms with Crippen molar-refractivity contribution in [1.82, 2.24) is 14.1 Å². The Hall–Kier alpha value is -1.73. The fourth-order valence-corrected chi connectivity index (χ4v) is 4.52. The Balaban J connectivity index is 1.57. The number of halogens is 1. The third-order valence-corrected chi connectivity index (χ3v) is 6.06.